The fourth-order valence-electron chi connectivity index (χ4n) is 1.95. The highest BCUT2D eigenvalue weighted by atomic mass is 19.1. The third-order valence-corrected chi connectivity index (χ3v) is 2.87. The van der Waals surface area contributed by atoms with Crippen LogP contribution in [0.4, 0.5) is 4.39 Å². The minimum absolute atomic E-state index is 0.143. The van der Waals surface area contributed by atoms with Gasteiger partial charge in [0.15, 0.2) is 0 Å². The molecule has 4 heteroatoms. The van der Waals surface area contributed by atoms with Crippen molar-refractivity contribution in [3.8, 4) is 0 Å². The summed E-state index contributed by atoms with van der Waals surface area (Å²) in [7, 11) is 1.08. The predicted molar refractivity (Wildman–Crippen MR) is 54.9 cm³/mol. The summed E-state index contributed by atoms with van der Waals surface area (Å²) in [4.78, 5) is 23.2. The van der Waals surface area contributed by atoms with E-state index in [2.05, 4.69) is 4.74 Å². The van der Waals surface area contributed by atoms with E-state index in [1.165, 1.54) is 6.07 Å². The Morgan fingerprint density at radius 1 is 1.44 bits per heavy atom. The monoisotopic (exact) mass is 222 g/mol. The average molecular weight is 222 g/mol. The molecular formula is C12H11FO3. The number of alkyl halides is 1. The molecule has 0 saturated carbocycles. The molecule has 1 atom stereocenters. The number of esters is 1. The van der Waals surface area contributed by atoms with E-state index in [9.17, 15) is 14.0 Å². The van der Waals surface area contributed by atoms with E-state index in [1.54, 1.807) is 18.2 Å². The molecule has 0 saturated heterocycles. The van der Waals surface area contributed by atoms with Crippen molar-refractivity contribution in [2.24, 2.45) is 0 Å². The van der Waals surface area contributed by atoms with E-state index < -0.39 is 17.4 Å². The first-order valence-electron chi connectivity index (χ1n) is 4.99. The van der Waals surface area contributed by atoms with E-state index >= 15 is 0 Å². The van der Waals surface area contributed by atoms with Gasteiger partial charge in [-0.25, -0.2) is 9.18 Å². The first-order chi connectivity index (χ1) is 7.59. The van der Waals surface area contributed by atoms with Gasteiger partial charge in [-0.15, -0.1) is 0 Å². The lowest BCUT2D eigenvalue weighted by Gasteiger charge is -2.26. The molecule has 0 N–H and O–H groups in total. The average Bonchev–Trinajstić information content (AvgIpc) is 2.33. The summed E-state index contributed by atoms with van der Waals surface area (Å²) in [6, 6.07) is 6.74. The van der Waals surface area contributed by atoms with Crippen molar-refractivity contribution in [1.82, 2.24) is 0 Å². The zero-order valence-corrected chi connectivity index (χ0v) is 8.83. The molecule has 1 aliphatic carbocycles. The highest BCUT2D eigenvalue weighted by molar-refractivity contribution is 6.16. The van der Waals surface area contributed by atoms with Gasteiger partial charge in [0.25, 0.3) is 5.67 Å². The Morgan fingerprint density at radius 3 is 2.81 bits per heavy atom. The molecule has 3 nitrogen and oxygen atoms in total. The third-order valence-electron chi connectivity index (χ3n) is 2.87. The molecule has 0 bridgehead atoms. The molecule has 0 amide bonds. The number of halogens is 1. The second-order valence-corrected chi connectivity index (χ2v) is 3.78. The molecule has 1 aliphatic rings. The van der Waals surface area contributed by atoms with Crippen LogP contribution in [0.2, 0.25) is 0 Å². The zero-order chi connectivity index (χ0) is 11.8. The van der Waals surface area contributed by atoms with Crippen molar-refractivity contribution in [2.45, 2.75) is 18.5 Å². The van der Waals surface area contributed by atoms with E-state index in [0.29, 0.717) is 6.42 Å². The van der Waals surface area contributed by atoms with Crippen LogP contribution in [0.1, 0.15) is 22.3 Å². The number of hydrogen-bond donors (Lipinski definition) is 0. The van der Waals surface area contributed by atoms with Gasteiger partial charge in [0.2, 0.25) is 5.78 Å². The van der Waals surface area contributed by atoms with Crippen LogP contribution in [0.5, 0.6) is 0 Å². The summed E-state index contributed by atoms with van der Waals surface area (Å²) < 4.78 is 18.6. The van der Waals surface area contributed by atoms with Crippen molar-refractivity contribution in [3.63, 3.8) is 0 Å². The number of methoxy groups -OCH3 is 1. The van der Waals surface area contributed by atoms with Crippen LogP contribution >= 0.6 is 0 Å². The predicted octanol–water partition coefficient (Wildman–Crippen LogP) is 1.70. The van der Waals surface area contributed by atoms with Crippen molar-refractivity contribution < 1.29 is 18.7 Å². The topological polar surface area (TPSA) is 43.4 Å². The Hall–Kier alpha value is -1.71. The van der Waals surface area contributed by atoms with Crippen LogP contribution in [0.3, 0.4) is 0 Å². The van der Waals surface area contributed by atoms with Crippen LogP contribution in [-0.4, -0.2) is 24.5 Å². The van der Waals surface area contributed by atoms with Crippen LogP contribution < -0.4 is 0 Å². The molecular weight excluding hydrogens is 211 g/mol. The van der Waals surface area contributed by atoms with Gasteiger partial charge in [-0.1, -0.05) is 24.3 Å². The minimum atomic E-state index is -2.51. The van der Waals surface area contributed by atoms with Crippen molar-refractivity contribution in [3.05, 3.63) is 35.4 Å². The maximum Gasteiger partial charge on any atom is 0.351 e. The number of rotatable bonds is 1. The molecule has 84 valence electrons. The molecule has 0 fully saturated rings. The largest absolute Gasteiger partial charge is 0.466 e. The van der Waals surface area contributed by atoms with Gasteiger partial charge in [-0.05, 0) is 12.0 Å². The van der Waals surface area contributed by atoms with Crippen molar-refractivity contribution in [1.29, 1.82) is 0 Å². The SMILES string of the molecule is COC(=O)C1(F)CCc2ccccc2C1=O. The van der Waals surface area contributed by atoms with Crippen LogP contribution in [-0.2, 0) is 16.0 Å². The fraction of sp³-hybridized carbons (Fsp3) is 0.333. The second-order valence-electron chi connectivity index (χ2n) is 3.78. The summed E-state index contributed by atoms with van der Waals surface area (Å²) in [5.41, 5.74) is -1.45. The molecule has 0 spiro atoms. The third kappa shape index (κ3) is 1.41. The first kappa shape index (κ1) is 10.8. The Labute approximate surface area is 92.2 Å². The summed E-state index contributed by atoms with van der Waals surface area (Å²) in [6.45, 7) is 0. The van der Waals surface area contributed by atoms with Gasteiger partial charge in [-0.2, -0.15) is 0 Å². The Kier molecular flexibility index (Phi) is 2.50. The lowest BCUT2D eigenvalue weighted by molar-refractivity contribution is -0.151. The number of hydrogen-bond acceptors (Lipinski definition) is 3. The molecule has 0 aliphatic heterocycles. The molecule has 0 heterocycles. The van der Waals surface area contributed by atoms with Gasteiger partial charge >= 0.3 is 5.97 Å². The molecule has 1 aromatic rings. The van der Waals surface area contributed by atoms with Gasteiger partial charge in [0, 0.05) is 12.0 Å². The normalized spacial score (nSPS) is 23.8. The Morgan fingerprint density at radius 2 is 2.12 bits per heavy atom. The number of carbonyl (C=O) groups excluding carboxylic acids is 2. The number of ether oxygens (including phenoxy) is 1. The molecule has 1 unspecified atom stereocenters. The Bertz CT molecular complexity index is 455. The number of benzene rings is 1. The van der Waals surface area contributed by atoms with Crippen molar-refractivity contribution in [2.75, 3.05) is 7.11 Å². The lowest BCUT2D eigenvalue weighted by Crippen LogP contribution is -2.46. The minimum Gasteiger partial charge on any atom is -0.466 e. The smallest absolute Gasteiger partial charge is 0.351 e. The molecule has 0 aromatic heterocycles. The zero-order valence-electron chi connectivity index (χ0n) is 8.83. The van der Waals surface area contributed by atoms with Crippen molar-refractivity contribution >= 4 is 11.8 Å². The van der Waals surface area contributed by atoms with E-state index in [1.807, 2.05) is 0 Å². The standard InChI is InChI=1S/C12H11FO3/c1-16-11(15)12(13)7-6-8-4-2-3-5-9(8)10(12)14/h2-5H,6-7H2,1H3. The molecule has 16 heavy (non-hydrogen) atoms. The summed E-state index contributed by atoms with van der Waals surface area (Å²) in [6.07, 6.45) is 0.225. The highest BCUT2D eigenvalue weighted by Crippen LogP contribution is 2.32. The number of ketones is 1. The summed E-state index contributed by atoms with van der Waals surface area (Å²) in [5, 5.41) is 0. The van der Waals surface area contributed by atoms with Crippen LogP contribution in [0.25, 0.3) is 0 Å². The first-order valence-corrected chi connectivity index (χ1v) is 4.99. The quantitative estimate of drug-likeness (QED) is 0.536. The maximum absolute atomic E-state index is 14.2. The number of fused-ring (bicyclic) bond motifs is 1. The molecule has 2 rings (SSSR count). The van der Waals surface area contributed by atoms with E-state index in [4.69, 9.17) is 0 Å². The summed E-state index contributed by atoms with van der Waals surface area (Å²) >= 11 is 0. The molecule has 0 radical (unpaired) electrons. The van der Waals surface area contributed by atoms with Gasteiger partial charge < -0.3 is 4.74 Å². The maximum atomic E-state index is 14.2. The lowest BCUT2D eigenvalue weighted by atomic mass is 9.80. The van der Waals surface area contributed by atoms with Gasteiger partial charge in [0.1, 0.15) is 0 Å². The number of carbonyl (C=O) groups is 2. The second kappa shape index (κ2) is 3.70. The number of Topliss-reactive ketones (excluding diaryl/α,β-unsaturated/α-hetero) is 1. The number of aryl methyl sites for hydroxylation is 1. The Balaban J connectivity index is 2.45. The van der Waals surface area contributed by atoms with E-state index in [0.717, 1.165) is 12.7 Å². The molecule has 1 aromatic carbocycles. The summed E-state index contributed by atoms with van der Waals surface area (Å²) in [5.74, 6) is -1.90. The van der Waals surface area contributed by atoms with Crippen LogP contribution in [0, 0.1) is 0 Å². The van der Waals surface area contributed by atoms with Crippen LogP contribution in [0.15, 0.2) is 24.3 Å². The van der Waals surface area contributed by atoms with Gasteiger partial charge in [-0.3, -0.25) is 4.79 Å². The van der Waals surface area contributed by atoms with Gasteiger partial charge in [0.05, 0.1) is 7.11 Å². The van der Waals surface area contributed by atoms with E-state index in [-0.39, 0.29) is 12.0 Å². The highest BCUT2D eigenvalue weighted by Gasteiger charge is 2.50. The fourth-order valence-corrected chi connectivity index (χ4v) is 1.95.